The first-order valence-corrected chi connectivity index (χ1v) is 9.50. The van der Waals surface area contributed by atoms with Crippen molar-refractivity contribution < 1.29 is 17.3 Å². The number of aromatic nitrogens is 3. The molecule has 0 saturated heterocycles. The number of nitrogens with zero attached hydrogens (tertiary/aromatic N) is 4. The molecular formula is C17H19FN4O3S. The molecule has 0 aliphatic carbocycles. The Kier molecular flexibility index (Phi) is 4.82. The predicted octanol–water partition coefficient (Wildman–Crippen LogP) is 2.96. The summed E-state index contributed by atoms with van der Waals surface area (Å²) in [6, 6.07) is 7.37. The number of halogens is 1. The lowest BCUT2D eigenvalue weighted by Crippen LogP contribution is -2.36. The van der Waals surface area contributed by atoms with E-state index in [2.05, 4.69) is 10.3 Å². The second-order valence-electron chi connectivity index (χ2n) is 6.13. The van der Waals surface area contributed by atoms with E-state index in [0.29, 0.717) is 11.5 Å². The molecule has 26 heavy (non-hydrogen) atoms. The molecule has 0 radical (unpaired) electrons. The lowest BCUT2D eigenvalue weighted by Gasteiger charge is -2.25. The monoisotopic (exact) mass is 378 g/mol. The van der Waals surface area contributed by atoms with Gasteiger partial charge in [0.25, 0.3) is 0 Å². The number of hydrogen-bond donors (Lipinski definition) is 0. The number of hydrogen-bond acceptors (Lipinski definition) is 5. The Hall–Kier alpha value is -2.68. The fraction of sp³-hybridized carbons (Fsp3) is 0.294. The first kappa shape index (κ1) is 18.1. The Bertz CT molecular complexity index is 1010. The molecule has 7 nitrogen and oxygen atoms in total. The highest BCUT2D eigenvalue weighted by Crippen LogP contribution is 2.27. The molecule has 9 heteroatoms. The van der Waals surface area contributed by atoms with Crippen LogP contribution in [0.3, 0.4) is 0 Å². The largest absolute Gasteiger partial charge is 0.359 e. The molecule has 0 unspecified atom stereocenters. The topological polar surface area (TPSA) is 81.2 Å². The molecule has 1 aromatic carbocycles. The van der Waals surface area contributed by atoms with Crippen LogP contribution in [0.25, 0.3) is 11.3 Å². The summed E-state index contributed by atoms with van der Waals surface area (Å²) < 4.78 is 47.7. The summed E-state index contributed by atoms with van der Waals surface area (Å²) in [6.07, 6.45) is 3.39. The molecule has 0 spiro atoms. The Morgan fingerprint density at radius 3 is 2.65 bits per heavy atom. The van der Waals surface area contributed by atoms with Crippen molar-refractivity contribution >= 4 is 15.7 Å². The highest BCUT2D eigenvalue weighted by Gasteiger charge is 2.29. The van der Waals surface area contributed by atoms with E-state index in [1.165, 1.54) is 18.2 Å². The second kappa shape index (κ2) is 6.91. The van der Waals surface area contributed by atoms with Gasteiger partial charge in [0.1, 0.15) is 11.5 Å². The molecule has 2 heterocycles. The van der Waals surface area contributed by atoms with E-state index < -0.39 is 21.1 Å². The van der Waals surface area contributed by atoms with E-state index >= 15 is 0 Å². The molecule has 0 amide bonds. The lowest BCUT2D eigenvalue weighted by atomic mass is 10.2. The zero-order chi connectivity index (χ0) is 18.9. The maximum atomic E-state index is 14.2. The summed E-state index contributed by atoms with van der Waals surface area (Å²) in [7, 11) is -2.00. The minimum atomic E-state index is -3.77. The molecule has 0 aliphatic rings. The zero-order valence-electron chi connectivity index (χ0n) is 14.6. The maximum Gasteiger partial charge on any atom is 0.238 e. The van der Waals surface area contributed by atoms with Crippen LogP contribution in [-0.4, -0.2) is 28.6 Å². The van der Waals surface area contributed by atoms with Crippen molar-refractivity contribution in [2.75, 3.05) is 4.31 Å². The fourth-order valence-electron chi connectivity index (χ4n) is 2.44. The van der Waals surface area contributed by atoms with Crippen molar-refractivity contribution in [3.8, 4) is 11.3 Å². The average Bonchev–Trinajstić information content (AvgIpc) is 3.22. The van der Waals surface area contributed by atoms with E-state index in [-0.39, 0.29) is 12.2 Å². The third-order valence-electron chi connectivity index (χ3n) is 3.88. The smallest absolute Gasteiger partial charge is 0.238 e. The lowest BCUT2D eigenvalue weighted by molar-refractivity contribution is 0.386. The highest BCUT2D eigenvalue weighted by atomic mass is 32.2. The van der Waals surface area contributed by atoms with Gasteiger partial charge in [-0.3, -0.25) is 8.99 Å². The fourth-order valence-corrected chi connectivity index (χ4v) is 3.68. The number of sulfonamides is 1. The van der Waals surface area contributed by atoms with Gasteiger partial charge < -0.3 is 4.52 Å². The molecule has 0 fully saturated rings. The summed E-state index contributed by atoms with van der Waals surface area (Å²) in [4.78, 5) is 0. The van der Waals surface area contributed by atoms with Crippen LogP contribution < -0.4 is 4.31 Å². The van der Waals surface area contributed by atoms with Gasteiger partial charge in [0.15, 0.2) is 5.76 Å². The van der Waals surface area contributed by atoms with Crippen molar-refractivity contribution in [2.24, 2.45) is 7.05 Å². The minimum Gasteiger partial charge on any atom is -0.359 e. The van der Waals surface area contributed by atoms with E-state index in [9.17, 15) is 12.8 Å². The molecule has 0 bridgehead atoms. The highest BCUT2D eigenvalue weighted by molar-refractivity contribution is 7.93. The van der Waals surface area contributed by atoms with Crippen LogP contribution >= 0.6 is 0 Å². The molecular weight excluding hydrogens is 359 g/mol. The van der Waals surface area contributed by atoms with Gasteiger partial charge in [-0.2, -0.15) is 5.10 Å². The minimum absolute atomic E-state index is 0.0273. The Morgan fingerprint density at radius 2 is 2.04 bits per heavy atom. The van der Waals surface area contributed by atoms with Gasteiger partial charge in [0.05, 0.1) is 23.7 Å². The van der Waals surface area contributed by atoms with E-state index in [0.717, 1.165) is 9.87 Å². The first-order valence-electron chi connectivity index (χ1n) is 7.99. The second-order valence-corrected chi connectivity index (χ2v) is 8.55. The van der Waals surface area contributed by atoms with Crippen LogP contribution in [0.1, 0.15) is 19.6 Å². The van der Waals surface area contributed by atoms with Gasteiger partial charge in [-0.05, 0) is 26.0 Å². The van der Waals surface area contributed by atoms with Gasteiger partial charge in [-0.25, -0.2) is 12.8 Å². The predicted molar refractivity (Wildman–Crippen MR) is 95.3 cm³/mol. The number of benzene rings is 1. The molecule has 3 rings (SSSR count). The number of rotatable bonds is 6. The van der Waals surface area contributed by atoms with Gasteiger partial charge in [-0.15, -0.1) is 0 Å². The number of para-hydroxylation sites is 1. The molecule has 2 aromatic heterocycles. The van der Waals surface area contributed by atoms with Crippen LogP contribution in [0.5, 0.6) is 0 Å². The van der Waals surface area contributed by atoms with E-state index in [1.807, 2.05) is 0 Å². The van der Waals surface area contributed by atoms with Crippen molar-refractivity contribution in [3.63, 3.8) is 0 Å². The van der Waals surface area contributed by atoms with E-state index in [4.69, 9.17) is 4.52 Å². The van der Waals surface area contributed by atoms with Gasteiger partial charge in [0, 0.05) is 24.9 Å². The maximum absolute atomic E-state index is 14.2. The standard InChI is InChI=1S/C17H19FN4O3S/c1-12(2)26(23,24)22(17-7-5-4-6-15(17)18)11-14-8-16(20-25-14)13-9-19-21(3)10-13/h4-10,12H,11H2,1-3H3. The number of aryl methyl sites for hydroxylation is 1. The van der Waals surface area contributed by atoms with Crippen LogP contribution in [-0.2, 0) is 23.6 Å². The first-order chi connectivity index (χ1) is 12.3. The third kappa shape index (κ3) is 3.48. The van der Waals surface area contributed by atoms with Gasteiger partial charge >= 0.3 is 0 Å². The third-order valence-corrected chi connectivity index (χ3v) is 6.01. The molecule has 0 atom stereocenters. The van der Waals surface area contributed by atoms with Crippen molar-refractivity contribution in [1.29, 1.82) is 0 Å². The van der Waals surface area contributed by atoms with Crippen LogP contribution in [0, 0.1) is 5.82 Å². The van der Waals surface area contributed by atoms with Crippen molar-refractivity contribution in [3.05, 3.63) is 54.3 Å². The number of anilines is 1. The molecule has 0 saturated carbocycles. The quantitative estimate of drug-likeness (QED) is 0.659. The molecule has 138 valence electrons. The Labute approximate surface area is 151 Å². The van der Waals surface area contributed by atoms with Crippen LogP contribution in [0.15, 0.2) is 47.2 Å². The molecule has 0 aliphatic heterocycles. The summed E-state index contributed by atoms with van der Waals surface area (Å²) in [5.41, 5.74) is 1.25. The summed E-state index contributed by atoms with van der Waals surface area (Å²) >= 11 is 0. The average molecular weight is 378 g/mol. The van der Waals surface area contributed by atoms with Crippen molar-refractivity contribution in [2.45, 2.75) is 25.6 Å². The Morgan fingerprint density at radius 1 is 1.31 bits per heavy atom. The van der Waals surface area contributed by atoms with Gasteiger partial charge in [0.2, 0.25) is 10.0 Å². The van der Waals surface area contributed by atoms with E-state index in [1.54, 1.807) is 50.1 Å². The zero-order valence-corrected chi connectivity index (χ0v) is 15.4. The van der Waals surface area contributed by atoms with Crippen LogP contribution in [0.4, 0.5) is 10.1 Å². The summed E-state index contributed by atoms with van der Waals surface area (Å²) in [5.74, 6) is -0.319. The summed E-state index contributed by atoms with van der Waals surface area (Å²) in [5, 5.41) is 7.30. The van der Waals surface area contributed by atoms with Crippen LogP contribution in [0.2, 0.25) is 0 Å². The normalized spacial score (nSPS) is 11.9. The van der Waals surface area contributed by atoms with Gasteiger partial charge in [-0.1, -0.05) is 17.3 Å². The molecule has 3 aromatic rings. The Balaban J connectivity index is 1.97. The molecule has 0 N–H and O–H groups in total. The van der Waals surface area contributed by atoms with Crippen molar-refractivity contribution in [1.82, 2.24) is 14.9 Å². The summed E-state index contributed by atoms with van der Waals surface area (Å²) in [6.45, 7) is 2.93. The SMILES string of the molecule is CC(C)S(=O)(=O)N(Cc1cc(-c2cnn(C)c2)no1)c1ccccc1F.